The maximum Gasteiger partial charge on any atom is 0.273 e. The molecule has 0 fully saturated rings. The first-order valence-corrected chi connectivity index (χ1v) is 9.72. The number of amides is 1. The first kappa shape index (κ1) is 17.5. The van der Waals surface area contributed by atoms with Crippen molar-refractivity contribution in [3.63, 3.8) is 0 Å². The van der Waals surface area contributed by atoms with Crippen LogP contribution in [0.5, 0.6) is 0 Å². The van der Waals surface area contributed by atoms with Crippen LogP contribution in [0.3, 0.4) is 0 Å². The van der Waals surface area contributed by atoms with Gasteiger partial charge < -0.3 is 4.90 Å². The number of rotatable bonds is 6. The minimum absolute atomic E-state index is 0.0563. The second kappa shape index (κ2) is 7.39. The van der Waals surface area contributed by atoms with Crippen molar-refractivity contribution in [2.75, 3.05) is 6.54 Å². The molecule has 0 aliphatic carbocycles. The number of aromatic amines is 1. The van der Waals surface area contributed by atoms with E-state index in [0.29, 0.717) is 5.69 Å². The summed E-state index contributed by atoms with van der Waals surface area (Å²) in [6, 6.07) is 18.5. The molecule has 2 aromatic carbocycles. The number of carbonyl (C=O) groups is 1. The van der Waals surface area contributed by atoms with E-state index in [2.05, 4.69) is 60.4 Å². The fraction of sp³-hybridized carbons (Fsp3) is 0.304. The number of carbonyl (C=O) groups excluding carboxylic acids is 1. The van der Waals surface area contributed by atoms with Gasteiger partial charge in [-0.05, 0) is 18.9 Å². The van der Waals surface area contributed by atoms with Crippen LogP contribution in [0.25, 0.3) is 11.3 Å². The Morgan fingerprint density at radius 2 is 1.78 bits per heavy atom. The van der Waals surface area contributed by atoms with E-state index in [1.54, 1.807) is 0 Å². The van der Waals surface area contributed by atoms with Crippen molar-refractivity contribution in [3.8, 4) is 11.3 Å². The number of unbranched alkanes of at least 4 members (excludes halogenated alkanes) is 2. The average Bonchev–Trinajstić information content (AvgIpc) is 3.23. The largest absolute Gasteiger partial charge is 0.326 e. The van der Waals surface area contributed by atoms with Gasteiger partial charge in [0.15, 0.2) is 0 Å². The molecule has 138 valence electrons. The highest BCUT2D eigenvalue weighted by atomic mass is 16.2. The SMILES string of the molecule is CCCCCN1C(=O)c2[nH]nc(-c3ccc(C)cc3)c2C1c1ccccc1. The van der Waals surface area contributed by atoms with Crippen LogP contribution in [0, 0.1) is 6.92 Å². The zero-order valence-electron chi connectivity index (χ0n) is 15.9. The van der Waals surface area contributed by atoms with Gasteiger partial charge in [0, 0.05) is 17.7 Å². The minimum atomic E-state index is -0.0828. The van der Waals surface area contributed by atoms with Gasteiger partial charge in [-0.3, -0.25) is 9.89 Å². The summed E-state index contributed by atoms with van der Waals surface area (Å²) in [6.45, 7) is 5.02. The van der Waals surface area contributed by atoms with E-state index in [4.69, 9.17) is 0 Å². The molecule has 1 N–H and O–H groups in total. The molecule has 0 bridgehead atoms. The van der Waals surface area contributed by atoms with Crippen molar-refractivity contribution in [1.29, 1.82) is 0 Å². The zero-order chi connectivity index (χ0) is 18.8. The molecule has 1 unspecified atom stereocenters. The van der Waals surface area contributed by atoms with Crippen molar-refractivity contribution in [3.05, 3.63) is 77.0 Å². The Labute approximate surface area is 160 Å². The molecule has 1 amide bonds. The van der Waals surface area contributed by atoms with E-state index in [9.17, 15) is 4.79 Å². The number of fused-ring (bicyclic) bond motifs is 1. The van der Waals surface area contributed by atoms with Crippen LogP contribution in [0.2, 0.25) is 0 Å². The summed E-state index contributed by atoms with van der Waals surface area (Å²) in [7, 11) is 0. The van der Waals surface area contributed by atoms with Crippen LogP contribution in [0.1, 0.15) is 59.4 Å². The molecule has 0 saturated heterocycles. The highest BCUT2D eigenvalue weighted by Crippen LogP contribution is 2.42. The Morgan fingerprint density at radius 1 is 1.04 bits per heavy atom. The zero-order valence-corrected chi connectivity index (χ0v) is 15.9. The van der Waals surface area contributed by atoms with E-state index in [1.807, 2.05) is 23.1 Å². The predicted molar refractivity (Wildman–Crippen MR) is 108 cm³/mol. The molecule has 4 heteroatoms. The lowest BCUT2D eigenvalue weighted by Crippen LogP contribution is -2.30. The van der Waals surface area contributed by atoms with Gasteiger partial charge in [-0.25, -0.2) is 0 Å². The van der Waals surface area contributed by atoms with Crippen molar-refractivity contribution < 1.29 is 4.79 Å². The highest BCUT2D eigenvalue weighted by Gasteiger charge is 2.41. The molecule has 3 aromatic rings. The first-order valence-electron chi connectivity index (χ1n) is 9.72. The monoisotopic (exact) mass is 359 g/mol. The maximum atomic E-state index is 13.1. The second-order valence-electron chi connectivity index (χ2n) is 7.25. The Kier molecular flexibility index (Phi) is 4.80. The van der Waals surface area contributed by atoms with E-state index >= 15 is 0 Å². The number of hydrogen-bond acceptors (Lipinski definition) is 2. The van der Waals surface area contributed by atoms with Gasteiger partial charge in [-0.15, -0.1) is 0 Å². The van der Waals surface area contributed by atoms with E-state index in [-0.39, 0.29) is 11.9 Å². The number of nitrogens with zero attached hydrogens (tertiary/aromatic N) is 2. The first-order chi connectivity index (χ1) is 13.2. The summed E-state index contributed by atoms with van der Waals surface area (Å²) in [5.74, 6) is 0.0563. The lowest BCUT2D eigenvalue weighted by Gasteiger charge is -2.26. The van der Waals surface area contributed by atoms with Crippen molar-refractivity contribution in [2.45, 2.75) is 39.2 Å². The molecule has 0 radical (unpaired) electrons. The quantitative estimate of drug-likeness (QED) is 0.621. The maximum absolute atomic E-state index is 13.1. The Morgan fingerprint density at radius 3 is 2.48 bits per heavy atom. The van der Waals surface area contributed by atoms with Crippen LogP contribution in [-0.2, 0) is 0 Å². The summed E-state index contributed by atoms with van der Waals surface area (Å²) in [6.07, 6.45) is 3.28. The summed E-state index contributed by atoms with van der Waals surface area (Å²) in [5.41, 5.74) is 5.91. The van der Waals surface area contributed by atoms with Gasteiger partial charge in [0.05, 0.1) is 11.7 Å². The normalized spacial score (nSPS) is 16.0. The third-order valence-corrected chi connectivity index (χ3v) is 5.31. The van der Waals surface area contributed by atoms with Gasteiger partial charge >= 0.3 is 0 Å². The molecule has 1 aromatic heterocycles. The van der Waals surface area contributed by atoms with Crippen molar-refractivity contribution >= 4 is 5.91 Å². The lowest BCUT2D eigenvalue weighted by atomic mass is 9.95. The van der Waals surface area contributed by atoms with E-state index in [1.165, 1.54) is 5.56 Å². The lowest BCUT2D eigenvalue weighted by molar-refractivity contribution is 0.0740. The fourth-order valence-corrected chi connectivity index (χ4v) is 3.87. The fourth-order valence-electron chi connectivity index (χ4n) is 3.87. The molecule has 1 aliphatic heterocycles. The predicted octanol–water partition coefficient (Wildman–Crippen LogP) is 5.12. The smallest absolute Gasteiger partial charge is 0.273 e. The van der Waals surface area contributed by atoms with Crippen molar-refractivity contribution in [1.82, 2.24) is 15.1 Å². The molecule has 4 nitrogen and oxygen atoms in total. The number of aryl methyl sites for hydroxylation is 1. The van der Waals surface area contributed by atoms with Gasteiger partial charge in [0.2, 0.25) is 0 Å². The molecule has 27 heavy (non-hydrogen) atoms. The standard InChI is InChI=1S/C23H25N3O/c1-3-4-8-15-26-22(18-9-6-5-7-10-18)19-20(24-25-21(19)23(26)27)17-13-11-16(2)12-14-17/h5-7,9-14,22H,3-4,8,15H2,1-2H3,(H,24,25). The Hall–Kier alpha value is -2.88. The number of benzene rings is 2. The molecular formula is C23H25N3O. The van der Waals surface area contributed by atoms with Crippen LogP contribution >= 0.6 is 0 Å². The highest BCUT2D eigenvalue weighted by molar-refractivity contribution is 6.00. The molecular weight excluding hydrogens is 334 g/mol. The van der Waals surface area contributed by atoms with Crippen molar-refractivity contribution in [2.24, 2.45) is 0 Å². The third-order valence-electron chi connectivity index (χ3n) is 5.31. The summed E-state index contributed by atoms with van der Waals surface area (Å²) in [4.78, 5) is 15.1. The molecule has 4 rings (SSSR count). The van der Waals surface area contributed by atoms with Gasteiger partial charge in [0.1, 0.15) is 5.69 Å². The van der Waals surface area contributed by atoms with E-state index in [0.717, 1.165) is 48.2 Å². The Balaban J connectivity index is 1.80. The van der Waals surface area contributed by atoms with Crippen LogP contribution in [-0.4, -0.2) is 27.5 Å². The average molecular weight is 359 g/mol. The Bertz CT molecular complexity index is 928. The summed E-state index contributed by atoms with van der Waals surface area (Å²) < 4.78 is 0. The molecule has 0 spiro atoms. The van der Waals surface area contributed by atoms with E-state index < -0.39 is 0 Å². The van der Waals surface area contributed by atoms with Gasteiger partial charge in [-0.1, -0.05) is 79.9 Å². The number of hydrogen-bond donors (Lipinski definition) is 1. The van der Waals surface area contributed by atoms with Gasteiger partial charge in [-0.2, -0.15) is 5.10 Å². The second-order valence-corrected chi connectivity index (χ2v) is 7.25. The van der Waals surface area contributed by atoms with Crippen LogP contribution in [0.15, 0.2) is 54.6 Å². The third kappa shape index (κ3) is 3.16. The number of aromatic nitrogens is 2. The molecule has 1 atom stereocenters. The molecule has 0 saturated carbocycles. The number of H-pyrrole nitrogens is 1. The topological polar surface area (TPSA) is 49.0 Å². The van der Waals surface area contributed by atoms with Crippen LogP contribution < -0.4 is 0 Å². The van der Waals surface area contributed by atoms with Crippen LogP contribution in [0.4, 0.5) is 0 Å². The summed E-state index contributed by atoms with van der Waals surface area (Å²) >= 11 is 0. The summed E-state index contributed by atoms with van der Waals surface area (Å²) in [5, 5.41) is 7.55. The number of nitrogens with one attached hydrogen (secondary N) is 1. The molecule has 1 aliphatic rings. The van der Waals surface area contributed by atoms with Gasteiger partial charge in [0.25, 0.3) is 5.91 Å². The minimum Gasteiger partial charge on any atom is -0.326 e. The molecule has 2 heterocycles.